The summed E-state index contributed by atoms with van der Waals surface area (Å²) in [5.74, 6) is -0.0272. The van der Waals surface area contributed by atoms with Crippen LogP contribution in [0.25, 0.3) is 0 Å². The monoisotopic (exact) mass is 262 g/mol. The van der Waals surface area contributed by atoms with E-state index in [1.54, 1.807) is 11.1 Å². The molecule has 0 unspecified atom stereocenters. The minimum atomic E-state index is -0.0409. The molecule has 1 aromatic rings. The first-order chi connectivity index (χ1) is 9.13. The van der Waals surface area contributed by atoms with Crippen LogP contribution in [0, 0.1) is 0 Å². The Morgan fingerprint density at radius 2 is 2.16 bits per heavy atom. The number of amides is 2. The van der Waals surface area contributed by atoms with Gasteiger partial charge >= 0.3 is 0 Å². The molecule has 6 nitrogen and oxygen atoms in total. The molecule has 6 heteroatoms. The van der Waals surface area contributed by atoms with Gasteiger partial charge in [-0.3, -0.25) is 14.3 Å². The van der Waals surface area contributed by atoms with Gasteiger partial charge in [-0.15, -0.1) is 0 Å². The van der Waals surface area contributed by atoms with E-state index < -0.39 is 0 Å². The van der Waals surface area contributed by atoms with E-state index in [2.05, 4.69) is 10.4 Å². The zero-order valence-electron chi connectivity index (χ0n) is 11.0. The summed E-state index contributed by atoms with van der Waals surface area (Å²) in [7, 11) is 0. The molecular weight excluding hydrogens is 244 g/mol. The number of hydrogen-bond acceptors (Lipinski definition) is 3. The van der Waals surface area contributed by atoms with Gasteiger partial charge in [0.1, 0.15) is 0 Å². The number of hydrogen-bond donors (Lipinski definition) is 1. The predicted molar refractivity (Wildman–Crippen MR) is 68.6 cm³/mol. The van der Waals surface area contributed by atoms with Gasteiger partial charge in [-0.1, -0.05) is 0 Å². The van der Waals surface area contributed by atoms with Crippen LogP contribution < -0.4 is 5.32 Å². The highest BCUT2D eigenvalue weighted by molar-refractivity contribution is 5.94. The summed E-state index contributed by atoms with van der Waals surface area (Å²) in [5, 5.41) is 7.10. The van der Waals surface area contributed by atoms with Crippen LogP contribution in [0.5, 0.6) is 0 Å². The van der Waals surface area contributed by atoms with Crippen LogP contribution in [0.1, 0.15) is 42.6 Å². The second-order valence-electron chi connectivity index (χ2n) is 5.38. The number of carbonyl (C=O) groups is 2. The summed E-state index contributed by atoms with van der Waals surface area (Å²) in [4.78, 5) is 25.1. The molecule has 2 fully saturated rings. The Labute approximate surface area is 111 Å². The van der Waals surface area contributed by atoms with E-state index in [0.717, 1.165) is 19.3 Å². The maximum absolute atomic E-state index is 12.3. The van der Waals surface area contributed by atoms with Gasteiger partial charge in [0, 0.05) is 32.3 Å². The summed E-state index contributed by atoms with van der Waals surface area (Å²) in [6.45, 7) is 2.79. The average Bonchev–Trinajstić information content (AvgIpc) is 2.92. The lowest BCUT2D eigenvalue weighted by Crippen LogP contribution is -2.37. The Bertz CT molecular complexity index is 506. The first-order valence-corrected chi connectivity index (χ1v) is 6.74. The molecule has 1 atom stereocenters. The molecule has 0 radical (unpaired) electrons. The predicted octanol–water partition coefficient (Wildman–Crippen LogP) is 0.569. The molecule has 1 aliphatic carbocycles. The Morgan fingerprint density at radius 1 is 1.37 bits per heavy atom. The zero-order chi connectivity index (χ0) is 13.4. The molecule has 1 aromatic heterocycles. The van der Waals surface area contributed by atoms with Gasteiger partial charge in [0.05, 0.1) is 17.8 Å². The number of nitrogens with zero attached hydrogens (tertiary/aromatic N) is 3. The van der Waals surface area contributed by atoms with Crippen LogP contribution in [0.4, 0.5) is 0 Å². The molecule has 102 valence electrons. The van der Waals surface area contributed by atoms with Crippen molar-refractivity contribution in [3.8, 4) is 0 Å². The molecule has 1 N–H and O–H groups in total. The SMILES string of the molecule is CC(=O)N[C@H]1CCN(C(=O)c2cnn(C3CC3)c2)C1. The smallest absolute Gasteiger partial charge is 0.257 e. The van der Waals surface area contributed by atoms with Crippen molar-refractivity contribution < 1.29 is 9.59 Å². The molecule has 0 spiro atoms. The van der Waals surface area contributed by atoms with Gasteiger partial charge in [0.25, 0.3) is 5.91 Å². The third-order valence-corrected chi connectivity index (χ3v) is 3.65. The highest BCUT2D eigenvalue weighted by atomic mass is 16.2. The van der Waals surface area contributed by atoms with Gasteiger partial charge < -0.3 is 10.2 Å². The third-order valence-electron chi connectivity index (χ3n) is 3.65. The van der Waals surface area contributed by atoms with Crippen LogP contribution in [-0.2, 0) is 4.79 Å². The minimum absolute atomic E-state index is 0.0137. The van der Waals surface area contributed by atoms with Crippen molar-refractivity contribution in [3.05, 3.63) is 18.0 Å². The number of likely N-dealkylation sites (tertiary alicyclic amines) is 1. The molecule has 19 heavy (non-hydrogen) atoms. The van der Waals surface area contributed by atoms with Crippen molar-refractivity contribution in [2.24, 2.45) is 0 Å². The highest BCUT2D eigenvalue weighted by Crippen LogP contribution is 2.34. The van der Waals surface area contributed by atoms with Gasteiger partial charge in [0.15, 0.2) is 0 Å². The third kappa shape index (κ3) is 2.62. The molecule has 2 heterocycles. The van der Waals surface area contributed by atoms with E-state index in [9.17, 15) is 9.59 Å². The largest absolute Gasteiger partial charge is 0.352 e. The summed E-state index contributed by atoms with van der Waals surface area (Å²) < 4.78 is 1.88. The quantitative estimate of drug-likeness (QED) is 0.866. The van der Waals surface area contributed by atoms with E-state index in [1.165, 1.54) is 6.92 Å². The summed E-state index contributed by atoms with van der Waals surface area (Å²) in [5.41, 5.74) is 0.648. The van der Waals surface area contributed by atoms with Gasteiger partial charge in [-0.05, 0) is 19.3 Å². The van der Waals surface area contributed by atoms with E-state index in [0.29, 0.717) is 24.7 Å². The lowest BCUT2D eigenvalue weighted by atomic mass is 10.2. The molecule has 0 bridgehead atoms. The van der Waals surface area contributed by atoms with Gasteiger partial charge in [-0.25, -0.2) is 0 Å². The van der Waals surface area contributed by atoms with Crippen LogP contribution in [0.2, 0.25) is 0 Å². The first kappa shape index (κ1) is 12.2. The normalized spacial score (nSPS) is 22.6. The van der Waals surface area contributed by atoms with Crippen molar-refractivity contribution in [1.82, 2.24) is 20.0 Å². The second kappa shape index (κ2) is 4.68. The van der Waals surface area contributed by atoms with Crippen molar-refractivity contribution in [2.45, 2.75) is 38.3 Å². The summed E-state index contributed by atoms with van der Waals surface area (Å²) in [6.07, 6.45) is 6.62. The molecule has 2 amide bonds. The number of carbonyl (C=O) groups excluding carboxylic acids is 2. The van der Waals surface area contributed by atoms with Crippen molar-refractivity contribution in [3.63, 3.8) is 0 Å². The molecule has 2 aliphatic rings. The Kier molecular flexibility index (Phi) is 3.00. The maximum Gasteiger partial charge on any atom is 0.257 e. The molecule has 1 saturated carbocycles. The molecule has 0 aromatic carbocycles. The van der Waals surface area contributed by atoms with E-state index >= 15 is 0 Å². The topological polar surface area (TPSA) is 67.2 Å². The minimum Gasteiger partial charge on any atom is -0.352 e. The van der Waals surface area contributed by atoms with Crippen LogP contribution in [0.3, 0.4) is 0 Å². The fraction of sp³-hybridized carbons (Fsp3) is 0.615. The second-order valence-corrected chi connectivity index (χ2v) is 5.38. The van der Waals surface area contributed by atoms with Crippen LogP contribution in [0.15, 0.2) is 12.4 Å². The van der Waals surface area contributed by atoms with Crippen LogP contribution >= 0.6 is 0 Å². The van der Waals surface area contributed by atoms with Crippen LogP contribution in [-0.4, -0.2) is 45.6 Å². The molecule has 1 aliphatic heterocycles. The van der Waals surface area contributed by atoms with Gasteiger partial charge in [0.2, 0.25) is 5.91 Å². The standard InChI is InChI=1S/C13H18N4O2/c1-9(18)15-11-4-5-16(8-11)13(19)10-6-14-17(7-10)12-2-3-12/h6-7,11-12H,2-5,8H2,1H3,(H,15,18)/t11-/m0/s1. The van der Waals surface area contributed by atoms with Crippen molar-refractivity contribution in [2.75, 3.05) is 13.1 Å². The highest BCUT2D eigenvalue weighted by Gasteiger charge is 2.29. The van der Waals surface area contributed by atoms with Gasteiger partial charge in [-0.2, -0.15) is 5.10 Å². The molecular formula is C13H18N4O2. The molecule has 1 saturated heterocycles. The summed E-state index contributed by atoms with van der Waals surface area (Å²) >= 11 is 0. The zero-order valence-corrected chi connectivity index (χ0v) is 11.0. The van der Waals surface area contributed by atoms with E-state index in [1.807, 2.05) is 10.9 Å². The lowest BCUT2D eigenvalue weighted by molar-refractivity contribution is -0.119. The Hall–Kier alpha value is -1.85. The van der Waals surface area contributed by atoms with Crippen molar-refractivity contribution >= 4 is 11.8 Å². The molecule has 3 rings (SSSR count). The number of aromatic nitrogens is 2. The lowest BCUT2D eigenvalue weighted by Gasteiger charge is -2.15. The maximum atomic E-state index is 12.3. The Balaban J connectivity index is 1.62. The number of rotatable bonds is 3. The average molecular weight is 262 g/mol. The van der Waals surface area contributed by atoms with Crippen molar-refractivity contribution in [1.29, 1.82) is 0 Å². The Morgan fingerprint density at radius 3 is 2.84 bits per heavy atom. The first-order valence-electron chi connectivity index (χ1n) is 6.74. The van der Waals surface area contributed by atoms with E-state index in [4.69, 9.17) is 0 Å². The summed E-state index contributed by atoms with van der Waals surface area (Å²) in [6, 6.07) is 0.576. The van der Waals surface area contributed by atoms with E-state index in [-0.39, 0.29) is 17.9 Å². The fourth-order valence-corrected chi connectivity index (χ4v) is 2.52. The number of nitrogens with one attached hydrogen (secondary N) is 1. The fourth-order valence-electron chi connectivity index (χ4n) is 2.52.